The molecule has 5 nitrogen and oxygen atoms in total. The van der Waals surface area contributed by atoms with Gasteiger partial charge in [0.05, 0.1) is 0 Å². The van der Waals surface area contributed by atoms with Crippen LogP contribution >= 0.6 is 11.8 Å². The fourth-order valence-electron chi connectivity index (χ4n) is 3.34. The molecule has 0 spiro atoms. The summed E-state index contributed by atoms with van der Waals surface area (Å²) in [6.45, 7) is 12.0. The summed E-state index contributed by atoms with van der Waals surface area (Å²) in [7, 11) is 0. The summed E-state index contributed by atoms with van der Waals surface area (Å²) in [6.07, 6.45) is 6.40. The monoisotopic (exact) mass is 479 g/mol. The molecule has 6 heteroatoms. The highest BCUT2D eigenvalue weighted by Crippen LogP contribution is 2.22. The third-order valence-electron chi connectivity index (χ3n) is 5.13. The van der Waals surface area contributed by atoms with E-state index in [-0.39, 0.29) is 12.5 Å². The molecule has 2 rings (SSSR count). The average Bonchev–Trinajstić information content (AvgIpc) is 2.84. The van der Waals surface area contributed by atoms with E-state index in [9.17, 15) is 4.79 Å². The Labute approximate surface area is 208 Å². The SMILES string of the molecule is C=C(/N=C\C=C(/C)c1ccc(SCCCO)cc1)Nc1ccc(C(=O)N(CCC)CCC)cc1. The number of carbonyl (C=O) groups excluding carboxylic acids is 1. The third-order valence-corrected chi connectivity index (χ3v) is 6.23. The van der Waals surface area contributed by atoms with Gasteiger partial charge in [0.1, 0.15) is 5.82 Å². The third kappa shape index (κ3) is 9.20. The fraction of sp³-hybridized carbons (Fsp3) is 0.357. The summed E-state index contributed by atoms with van der Waals surface area (Å²) < 4.78 is 0. The van der Waals surface area contributed by atoms with E-state index in [0.717, 1.165) is 54.9 Å². The van der Waals surface area contributed by atoms with Gasteiger partial charge < -0.3 is 15.3 Å². The number of amides is 1. The first-order chi connectivity index (χ1) is 16.5. The Kier molecular flexibility index (Phi) is 12.2. The van der Waals surface area contributed by atoms with E-state index in [1.54, 1.807) is 18.0 Å². The molecule has 0 aromatic heterocycles. The van der Waals surface area contributed by atoms with Crippen molar-refractivity contribution in [2.45, 2.75) is 44.9 Å². The molecule has 34 heavy (non-hydrogen) atoms. The zero-order valence-corrected chi connectivity index (χ0v) is 21.4. The van der Waals surface area contributed by atoms with Crippen LogP contribution in [-0.2, 0) is 0 Å². The number of aliphatic imine (C=N–C) groups is 1. The molecule has 0 aliphatic heterocycles. The number of nitrogens with zero attached hydrogens (tertiary/aromatic N) is 2. The Balaban J connectivity index is 1.90. The number of carbonyl (C=O) groups is 1. The second-order valence-corrected chi connectivity index (χ2v) is 9.19. The number of aliphatic hydroxyl groups is 1. The van der Waals surface area contributed by atoms with E-state index >= 15 is 0 Å². The topological polar surface area (TPSA) is 64.9 Å². The van der Waals surface area contributed by atoms with Gasteiger partial charge in [-0.1, -0.05) is 32.6 Å². The lowest BCUT2D eigenvalue weighted by atomic mass is 10.1. The second kappa shape index (κ2) is 15.1. The van der Waals surface area contributed by atoms with Gasteiger partial charge in [-0.15, -0.1) is 11.8 Å². The maximum atomic E-state index is 12.7. The van der Waals surface area contributed by atoms with Crippen LogP contribution in [0.3, 0.4) is 0 Å². The molecule has 2 N–H and O–H groups in total. The lowest BCUT2D eigenvalue weighted by Crippen LogP contribution is -2.32. The Morgan fingerprint density at radius 2 is 1.68 bits per heavy atom. The molecule has 182 valence electrons. The minimum atomic E-state index is 0.0736. The van der Waals surface area contributed by atoms with Gasteiger partial charge in [-0.05, 0) is 79.8 Å². The number of rotatable bonds is 14. The average molecular weight is 480 g/mol. The molecule has 0 bridgehead atoms. The number of hydrogen-bond donors (Lipinski definition) is 2. The van der Waals surface area contributed by atoms with Crippen LogP contribution in [0.2, 0.25) is 0 Å². The van der Waals surface area contributed by atoms with E-state index in [0.29, 0.717) is 11.4 Å². The molecular weight excluding hydrogens is 442 g/mol. The number of thioether (sulfide) groups is 1. The molecular formula is C28H37N3O2S. The highest BCUT2D eigenvalue weighted by Gasteiger charge is 2.13. The second-order valence-electron chi connectivity index (χ2n) is 8.02. The first kappa shape index (κ1) is 27.4. The predicted molar refractivity (Wildman–Crippen MR) is 147 cm³/mol. The Morgan fingerprint density at radius 1 is 1.06 bits per heavy atom. The van der Waals surface area contributed by atoms with Gasteiger partial charge in [-0.25, -0.2) is 4.99 Å². The smallest absolute Gasteiger partial charge is 0.253 e. The van der Waals surface area contributed by atoms with Gasteiger partial charge in [-0.3, -0.25) is 4.79 Å². The van der Waals surface area contributed by atoms with Gasteiger partial charge in [-0.2, -0.15) is 0 Å². The Bertz CT molecular complexity index is 960. The van der Waals surface area contributed by atoms with Crippen LogP contribution in [0, 0.1) is 0 Å². The Morgan fingerprint density at radius 3 is 2.26 bits per heavy atom. The molecule has 0 atom stereocenters. The molecule has 1 amide bonds. The number of aliphatic hydroxyl groups excluding tert-OH is 1. The largest absolute Gasteiger partial charge is 0.396 e. The first-order valence-corrected chi connectivity index (χ1v) is 12.9. The number of benzene rings is 2. The summed E-state index contributed by atoms with van der Waals surface area (Å²) in [6, 6.07) is 15.8. The zero-order chi connectivity index (χ0) is 24.8. The van der Waals surface area contributed by atoms with Crippen LogP contribution in [0.1, 0.15) is 56.0 Å². The van der Waals surface area contributed by atoms with Crippen LogP contribution in [-0.4, -0.2) is 47.6 Å². The molecule has 0 aliphatic rings. The van der Waals surface area contributed by atoms with Crippen molar-refractivity contribution in [1.82, 2.24) is 4.90 Å². The van der Waals surface area contributed by atoms with Crippen LogP contribution in [0.5, 0.6) is 0 Å². The van der Waals surface area contributed by atoms with E-state index < -0.39 is 0 Å². The van der Waals surface area contributed by atoms with Crippen molar-refractivity contribution in [3.8, 4) is 0 Å². The van der Waals surface area contributed by atoms with E-state index in [1.165, 1.54) is 4.90 Å². The summed E-state index contributed by atoms with van der Waals surface area (Å²) in [5.74, 6) is 1.52. The molecule has 0 heterocycles. The van der Waals surface area contributed by atoms with E-state index in [1.807, 2.05) is 42.2 Å². The number of nitrogens with one attached hydrogen (secondary N) is 1. The predicted octanol–water partition coefficient (Wildman–Crippen LogP) is 6.48. The molecule has 0 radical (unpaired) electrons. The first-order valence-electron chi connectivity index (χ1n) is 11.9. The van der Waals surface area contributed by atoms with Crippen molar-refractivity contribution in [3.05, 3.63) is 78.1 Å². The van der Waals surface area contributed by atoms with Crippen LogP contribution in [0.4, 0.5) is 5.69 Å². The minimum absolute atomic E-state index is 0.0736. The lowest BCUT2D eigenvalue weighted by molar-refractivity contribution is 0.0755. The van der Waals surface area contributed by atoms with Gasteiger partial charge in [0.25, 0.3) is 5.91 Å². The maximum absolute atomic E-state index is 12.7. The summed E-state index contributed by atoms with van der Waals surface area (Å²) in [5.41, 5.74) is 3.77. The van der Waals surface area contributed by atoms with Gasteiger partial charge in [0, 0.05) is 47.8 Å². The number of anilines is 1. The van der Waals surface area contributed by atoms with Crippen molar-refractivity contribution in [1.29, 1.82) is 0 Å². The highest BCUT2D eigenvalue weighted by molar-refractivity contribution is 7.99. The molecule has 0 fully saturated rings. The van der Waals surface area contributed by atoms with E-state index in [4.69, 9.17) is 5.11 Å². The maximum Gasteiger partial charge on any atom is 0.253 e. The molecule has 0 unspecified atom stereocenters. The van der Waals surface area contributed by atoms with Crippen molar-refractivity contribution in [3.63, 3.8) is 0 Å². The van der Waals surface area contributed by atoms with Crippen LogP contribution < -0.4 is 5.32 Å². The zero-order valence-electron chi connectivity index (χ0n) is 20.6. The lowest BCUT2D eigenvalue weighted by Gasteiger charge is -2.21. The molecule has 2 aromatic rings. The number of hydrogen-bond acceptors (Lipinski definition) is 5. The summed E-state index contributed by atoms with van der Waals surface area (Å²) in [4.78, 5) is 20.2. The molecule has 2 aromatic carbocycles. The van der Waals surface area contributed by atoms with Crippen molar-refractivity contribution < 1.29 is 9.90 Å². The fourth-order valence-corrected chi connectivity index (χ4v) is 4.17. The molecule has 0 saturated heterocycles. The van der Waals surface area contributed by atoms with Gasteiger partial charge >= 0.3 is 0 Å². The van der Waals surface area contributed by atoms with Crippen molar-refractivity contribution in [2.75, 3.05) is 30.8 Å². The van der Waals surface area contributed by atoms with E-state index in [2.05, 4.69) is 55.0 Å². The molecule has 0 aliphatic carbocycles. The van der Waals surface area contributed by atoms with Crippen molar-refractivity contribution >= 4 is 35.1 Å². The van der Waals surface area contributed by atoms with Crippen LogP contribution in [0.15, 0.2) is 76.9 Å². The standard InChI is InChI=1S/C28H37N3O2S/c1-5-18-31(19-6-2)28(33)25-8-12-26(13-9-25)30-23(4)29-17-16-22(3)24-10-14-27(15-11-24)34-21-7-20-32/h8-17,30,32H,4-7,18-21H2,1-3H3/b22-16+,29-17-. The molecule has 0 saturated carbocycles. The van der Waals surface area contributed by atoms with Crippen LogP contribution in [0.25, 0.3) is 5.57 Å². The van der Waals surface area contributed by atoms with Gasteiger partial charge in [0.15, 0.2) is 0 Å². The van der Waals surface area contributed by atoms with Gasteiger partial charge in [0.2, 0.25) is 0 Å². The highest BCUT2D eigenvalue weighted by atomic mass is 32.2. The quantitative estimate of drug-likeness (QED) is 0.185. The normalized spacial score (nSPS) is 11.6. The number of allylic oxidation sites excluding steroid dienone is 2. The summed E-state index contributed by atoms with van der Waals surface area (Å²) in [5, 5.41) is 12.1. The Hall–Kier alpha value is -2.83. The van der Waals surface area contributed by atoms with Crippen molar-refractivity contribution in [2.24, 2.45) is 4.99 Å². The minimum Gasteiger partial charge on any atom is -0.396 e. The summed E-state index contributed by atoms with van der Waals surface area (Å²) >= 11 is 1.75.